The van der Waals surface area contributed by atoms with Gasteiger partial charge in [0.05, 0.1) is 16.8 Å². The van der Waals surface area contributed by atoms with Crippen LogP contribution in [0.4, 0.5) is 0 Å². The first kappa shape index (κ1) is 0.350. The lowest BCUT2D eigenvalue weighted by Gasteiger charge is -1.50. The summed E-state index contributed by atoms with van der Waals surface area (Å²) in [5, 5.41) is 0. The zero-order valence-corrected chi connectivity index (χ0v) is 1.91. The molecular weight excluding hydrogens is 52.0 g/mol. The van der Waals surface area contributed by atoms with E-state index in [9.17, 15) is 0 Å². The van der Waals surface area contributed by atoms with Crippen LogP contribution in [0.5, 0.6) is 0 Å². The van der Waals surface area contributed by atoms with Crippen LogP contribution in [-0.2, 0) is 4.74 Å². The average molecular weight is 64.1 g/mol. The minimum atomic E-state index is -2.70. The standard InChI is InChI=1S/C3H6O/c1-3-2-4-3/h3H,2H2,1H3/t3-/m0/s1/i1D3,2D2,3D. The molecule has 1 heteroatoms. The third-order valence-corrected chi connectivity index (χ3v) is 0.204. The largest absolute Gasteiger partial charge is 0.373 e. The molecule has 1 aliphatic rings. The van der Waals surface area contributed by atoms with E-state index in [1.165, 1.54) is 0 Å². The molecule has 24 valence electrons. The van der Waals surface area contributed by atoms with Gasteiger partial charge in [-0.1, -0.05) is 0 Å². The van der Waals surface area contributed by atoms with E-state index < -0.39 is 19.5 Å². The van der Waals surface area contributed by atoms with E-state index in [0.717, 1.165) is 0 Å². The third-order valence-electron chi connectivity index (χ3n) is 0.204. The molecule has 1 aliphatic heterocycles. The molecule has 0 saturated carbocycles. The molecule has 4 heavy (non-hydrogen) atoms. The van der Waals surface area contributed by atoms with Crippen molar-refractivity contribution in [1.29, 1.82) is 0 Å². The van der Waals surface area contributed by atoms with Gasteiger partial charge < -0.3 is 4.74 Å². The van der Waals surface area contributed by atoms with Crippen molar-refractivity contribution in [1.82, 2.24) is 0 Å². The smallest absolute Gasteiger partial charge is 0.0781 e. The minimum absolute atomic E-state index is 2.31. The topological polar surface area (TPSA) is 12.5 Å². The first-order valence-corrected chi connectivity index (χ1v) is 0.908. The highest BCUT2D eigenvalue weighted by atomic mass is 16.6. The van der Waals surface area contributed by atoms with Crippen LogP contribution in [0.2, 0.25) is 0 Å². The minimum Gasteiger partial charge on any atom is -0.373 e. The van der Waals surface area contributed by atoms with Crippen molar-refractivity contribution in [2.75, 3.05) is 6.56 Å². The Morgan fingerprint density at radius 3 is 3.75 bits per heavy atom. The second-order valence-corrected chi connectivity index (χ2v) is 0.533. The van der Waals surface area contributed by atoms with E-state index >= 15 is 0 Å². The van der Waals surface area contributed by atoms with Gasteiger partial charge in [0, 0.05) is 4.11 Å². The Bertz CT molecular complexity index is 161. The highest BCUT2D eigenvalue weighted by Crippen LogP contribution is 2.04. The second-order valence-electron chi connectivity index (χ2n) is 0.533. The van der Waals surface area contributed by atoms with Crippen LogP contribution in [0.3, 0.4) is 0 Å². The lowest BCUT2D eigenvalue weighted by Crippen LogP contribution is -1.60. The predicted octanol–water partition coefficient (Wildman–Crippen LogP) is 0.405. The fourth-order valence-corrected chi connectivity index (χ4v) is 0.0255. The first-order chi connectivity index (χ1) is 4.21. The van der Waals surface area contributed by atoms with E-state index in [1.54, 1.807) is 0 Å². The van der Waals surface area contributed by atoms with Crippen molar-refractivity contribution in [3.8, 4) is 0 Å². The highest BCUT2D eigenvalue weighted by Gasteiger charge is 2.13. The van der Waals surface area contributed by atoms with E-state index in [0.29, 0.717) is 0 Å². The number of hydrogen-bond acceptors (Lipinski definition) is 1. The van der Waals surface area contributed by atoms with Gasteiger partial charge in [-0.3, -0.25) is 0 Å². The van der Waals surface area contributed by atoms with Gasteiger partial charge in [-0.25, -0.2) is 0 Å². The lowest BCUT2D eigenvalue weighted by atomic mass is 10.6. The molecule has 1 fully saturated rings. The predicted molar refractivity (Wildman–Crippen MR) is 15.4 cm³/mol. The van der Waals surface area contributed by atoms with E-state index in [4.69, 9.17) is 8.22 Å². The van der Waals surface area contributed by atoms with Crippen molar-refractivity contribution in [2.24, 2.45) is 0 Å². The summed E-state index contributed by atoms with van der Waals surface area (Å²) in [7, 11) is 0. The molecule has 0 aromatic carbocycles. The van der Waals surface area contributed by atoms with E-state index in [2.05, 4.69) is 4.74 Å². The molecule has 1 nitrogen and oxygen atoms in total. The SMILES string of the molecule is [2H]C([2H])([2H])[C@]1([2H])OC1([2H])[2H]. The summed E-state index contributed by atoms with van der Waals surface area (Å²) >= 11 is 0. The molecule has 0 aliphatic carbocycles. The van der Waals surface area contributed by atoms with Crippen molar-refractivity contribution < 1.29 is 13.0 Å². The molecule has 0 aromatic heterocycles. The summed E-state index contributed by atoms with van der Waals surface area (Å²) in [5.41, 5.74) is 0. The molecular formula is C3H6O. The van der Waals surface area contributed by atoms with Crippen LogP contribution >= 0.6 is 0 Å². The third kappa shape index (κ3) is 0.206. The Hall–Kier alpha value is -0.0400. The summed E-state index contributed by atoms with van der Waals surface area (Å²) in [6, 6.07) is 0. The van der Waals surface area contributed by atoms with Gasteiger partial charge in [0.15, 0.2) is 0 Å². The molecule has 1 heterocycles. The van der Waals surface area contributed by atoms with Crippen LogP contribution in [0.15, 0.2) is 0 Å². The molecule has 0 radical (unpaired) electrons. The molecule has 1 saturated heterocycles. The van der Waals surface area contributed by atoms with Gasteiger partial charge in [-0.05, 0) is 6.85 Å². The number of rotatable bonds is 0. The molecule has 0 spiro atoms. The maximum atomic E-state index is 6.94. The fraction of sp³-hybridized carbons (Fsp3) is 1.00. The van der Waals surface area contributed by atoms with Gasteiger partial charge >= 0.3 is 0 Å². The van der Waals surface area contributed by atoms with Crippen molar-refractivity contribution in [3.63, 3.8) is 0 Å². The molecule has 0 N–H and O–H groups in total. The van der Waals surface area contributed by atoms with Crippen LogP contribution in [-0.4, -0.2) is 12.6 Å². The zero-order valence-electron chi connectivity index (χ0n) is 7.91. The fourth-order valence-electron chi connectivity index (χ4n) is 0.0255. The first-order valence-electron chi connectivity index (χ1n) is 3.91. The molecule has 1 atom stereocenters. The molecule has 0 bridgehead atoms. The normalized spacial score (nSPS) is 96.0. The molecule has 0 unspecified atom stereocenters. The van der Waals surface area contributed by atoms with Crippen molar-refractivity contribution >= 4 is 0 Å². The van der Waals surface area contributed by atoms with Gasteiger partial charge in [-0.15, -0.1) is 0 Å². The average Bonchev–Trinajstić information content (AvgIpc) is 2.05. The van der Waals surface area contributed by atoms with Gasteiger partial charge in [-0.2, -0.15) is 0 Å². The Morgan fingerprint density at radius 2 is 3.75 bits per heavy atom. The molecule has 1 rings (SSSR count). The second kappa shape index (κ2) is 0.462. The molecule has 0 aromatic rings. The highest BCUT2D eigenvalue weighted by molar-refractivity contribution is 4.58. The van der Waals surface area contributed by atoms with Gasteiger partial charge in [0.25, 0.3) is 0 Å². The van der Waals surface area contributed by atoms with E-state index in [-0.39, 0.29) is 0 Å². The van der Waals surface area contributed by atoms with Crippen LogP contribution < -0.4 is 0 Å². The summed E-state index contributed by atoms with van der Waals surface area (Å²) in [6.07, 6.45) is -2.33. The zero-order chi connectivity index (χ0) is 8.21. The van der Waals surface area contributed by atoms with Crippen LogP contribution in [0.1, 0.15) is 15.1 Å². The molecule has 0 amide bonds. The monoisotopic (exact) mass is 64.1 g/mol. The van der Waals surface area contributed by atoms with Crippen molar-refractivity contribution in [2.45, 2.75) is 12.9 Å². The lowest BCUT2D eigenvalue weighted by molar-refractivity contribution is 0.423. The Labute approximate surface area is 34.0 Å². The maximum Gasteiger partial charge on any atom is 0.0781 e. The summed E-state index contributed by atoms with van der Waals surface area (Å²) in [4.78, 5) is 0. The Morgan fingerprint density at radius 1 is 3.00 bits per heavy atom. The van der Waals surface area contributed by atoms with Crippen LogP contribution in [0.25, 0.3) is 0 Å². The van der Waals surface area contributed by atoms with E-state index in [1.807, 2.05) is 0 Å². The number of epoxide rings is 1. The van der Waals surface area contributed by atoms with Gasteiger partial charge in [0.2, 0.25) is 0 Å². The Kier molecular flexibility index (Phi) is 0.0404. The Balaban J connectivity index is 2.78. The summed E-state index contributed by atoms with van der Waals surface area (Å²) in [6.45, 7) is -5.01. The van der Waals surface area contributed by atoms with Crippen molar-refractivity contribution in [3.05, 3.63) is 0 Å². The maximum absolute atomic E-state index is 6.94. The quantitative estimate of drug-likeness (QED) is 0.371. The number of hydrogen-bond donors (Lipinski definition) is 0. The van der Waals surface area contributed by atoms with Crippen LogP contribution in [0, 0.1) is 0 Å². The number of ether oxygens (including phenoxy) is 1. The summed E-state index contributed by atoms with van der Waals surface area (Å²) in [5.74, 6) is 0. The van der Waals surface area contributed by atoms with Gasteiger partial charge in [0.1, 0.15) is 0 Å². The summed E-state index contributed by atoms with van der Waals surface area (Å²) < 4.78 is 44.6.